The van der Waals surface area contributed by atoms with Crippen LogP contribution in [-0.2, 0) is 9.84 Å². The van der Waals surface area contributed by atoms with Gasteiger partial charge in [-0.1, -0.05) is 12.2 Å². The molecule has 0 fully saturated rings. The third-order valence-corrected chi connectivity index (χ3v) is 3.28. The van der Waals surface area contributed by atoms with E-state index in [-0.39, 0.29) is 10.7 Å². The maximum atomic E-state index is 10.9. The van der Waals surface area contributed by atoms with Crippen LogP contribution in [0.15, 0.2) is 18.3 Å². The number of pyridine rings is 1. The van der Waals surface area contributed by atoms with E-state index in [1.54, 1.807) is 12.3 Å². The first-order chi connectivity index (χ1) is 7.88. The van der Waals surface area contributed by atoms with Crippen LogP contribution in [0.25, 0.3) is 0 Å². The normalized spacial score (nSPS) is 11.1. The summed E-state index contributed by atoms with van der Waals surface area (Å²) in [6, 6.07) is 3.53. The van der Waals surface area contributed by atoms with Crippen LogP contribution in [0.2, 0.25) is 0 Å². The van der Waals surface area contributed by atoms with E-state index in [4.69, 9.17) is 18.0 Å². The average Bonchev–Trinajstić information content (AvgIpc) is 2.24. The molecule has 1 aromatic heterocycles. The maximum absolute atomic E-state index is 10.9. The predicted molar refractivity (Wildman–Crippen MR) is 72.9 cm³/mol. The Hall–Kier alpha value is -1.21. The number of sulfone groups is 1. The maximum Gasteiger partial charge on any atom is 0.147 e. The minimum absolute atomic E-state index is 0.179. The molecule has 94 valence electrons. The van der Waals surface area contributed by atoms with Gasteiger partial charge in [0.15, 0.2) is 0 Å². The summed E-state index contributed by atoms with van der Waals surface area (Å²) in [5.41, 5.74) is 6.80. The zero-order chi connectivity index (χ0) is 12.9. The molecule has 0 aliphatic heterocycles. The highest BCUT2D eigenvalue weighted by Gasteiger charge is 2.01. The van der Waals surface area contributed by atoms with Gasteiger partial charge in [0.05, 0.1) is 23.3 Å². The minimum atomic E-state index is -2.89. The molecule has 0 saturated heterocycles. The fraction of sp³-hybridized carbons (Fsp3) is 0.400. The van der Waals surface area contributed by atoms with Gasteiger partial charge in [-0.05, 0) is 18.6 Å². The Bertz CT molecular complexity index is 483. The molecule has 1 rings (SSSR count). The Morgan fingerprint density at radius 3 is 2.71 bits per heavy atom. The van der Waals surface area contributed by atoms with Gasteiger partial charge >= 0.3 is 0 Å². The quantitative estimate of drug-likeness (QED) is 0.582. The van der Waals surface area contributed by atoms with Crippen LogP contribution < -0.4 is 11.1 Å². The molecule has 3 N–H and O–H groups in total. The second-order valence-electron chi connectivity index (χ2n) is 3.71. The molecule has 0 saturated carbocycles. The van der Waals surface area contributed by atoms with E-state index < -0.39 is 9.84 Å². The minimum Gasteiger partial charge on any atom is -0.388 e. The van der Waals surface area contributed by atoms with Crippen molar-refractivity contribution in [1.29, 1.82) is 0 Å². The highest BCUT2D eigenvalue weighted by molar-refractivity contribution is 7.90. The summed E-state index contributed by atoms with van der Waals surface area (Å²) >= 11 is 4.78. The highest BCUT2D eigenvalue weighted by atomic mass is 32.2. The van der Waals surface area contributed by atoms with E-state index in [0.717, 1.165) is 5.69 Å². The van der Waals surface area contributed by atoms with Gasteiger partial charge in [0, 0.05) is 12.8 Å². The molecule has 1 aromatic rings. The van der Waals surface area contributed by atoms with E-state index in [1.165, 1.54) is 6.26 Å². The number of anilines is 1. The Morgan fingerprint density at radius 2 is 2.24 bits per heavy atom. The number of thiocarbonyl (C=S) groups is 1. The molecule has 0 aromatic carbocycles. The topological polar surface area (TPSA) is 85.1 Å². The largest absolute Gasteiger partial charge is 0.388 e. The first-order valence-corrected chi connectivity index (χ1v) is 7.53. The van der Waals surface area contributed by atoms with E-state index in [1.807, 2.05) is 6.07 Å². The third kappa shape index (κ3) is 5.60. The fourth-order valence-corrected chi connectivity index (χ4v) is 2.00. The van der Waals surface area contributed by atoms with E-state index >= 15 is 0 Å². The molecular weight excluding hydrogens is 258 g/mol. The first kappa shape index (κ1) is 13.9. The molecule has 0 radical (unpaired) electrons. The number of nitrogens with zero attached hydrogens (tertiary/aromatic N) is 1. The molecule has 0 atom stereocenters. The molecular formula is C10H15N3O2S2. The highest BCUT2D eigenvalue weighted by Crippen LogP contribution is 2.06. The lowest BCUT2D eigenvalue weighted by molar-refractivity contribution is 0.600. The summed E-state index contributed by atoms with van der Waals surface area (Å²) in [5.74, 6) is 0.179. The molecule has 7 heteroatoms. The lowest BCUT2D eigenvalue weighted by Gasteiger charge is -2.06. The van der Waals surface area contributed by atoms with Gasteiger partial charge in [-0.3, -0.25) is 4.98 Å². The standard InChI is InChI=1S/C10H15N3O2S2/c1-17(14,15)6-2-5-12-8-3-4-9(10(11)16)13-7-8/h3-4,7,12H,2,5-6H2,1H3,(H2,11,16). The van der Waals surface area contributed by atoms with Crippen LogP contribution in [0.1, 0.15) is 12.1 Å². The lowest BCUT2D eigenvalue weighted by Crippen LogP contribution is -2.12. The summed E-state index contributed by atoms with van der Waals surface area (Å²) in [6.07, 6.45) is 3.41. The zero-order valence-electron chi connectivity index (χ0n) is 9.51. The number of nitrogens with two attached hydrogens (primary N) is 1. The van der Waals surface area contributed by atoms with Gasteiger partial charge in [0.1, 0.15) is 14.8 Å². The Kier molecular flexibility index (Phi) is 4.83. The molecule has 1 heterocycles. The Labute approximate surface area is 106 Å². The molecule has 0 aliphatic carbocycles. The first-order valence-electron chi connectivity index (χ1n) is 5.06. The van der Waals surface area contributed by atoms with Crippen molar-refractivity contribution in [3.63, 3.8) is 0 Å². The Balaban J connectivity index is 2.40. The van der Waals surface area contributed by atoms with Crippen molar-refractivity contribution < 1.29 is 8.42 Å². The van der Waals surface area contributed by atoms with Crippen LogP contribution in [0, 0.1) is 0 Å². The molecule has 17 heavy (non-hydrogen) atoms. The summed E-state index contributed by atoms with van der Waals surface area (Å²) in [7, 11) is -2.89. The second kappa shape index (κ2) is 5.92. The van der Waals surface area contributed by atoms with Crippen molar-refractivity contribution in [2.75, 3.05) is 23.9 Å². The van der Waals surface area contributed by atoms with Gasteiger partial charge in [0.25, 0.3) is 0 Å². The van der Waals surface area contributed by atoms with Crippen LogP contribution in [0.3, 0.4) is 0 Å². The average molecular weight is 273 g/mol. The summed E-state index contributed by atoms with van der Waals surface area (Å²) in [4.78, 5) is 4.32. The van der Waals surface area contributed by atoms with Crippen LogP contribution in [-0.4, -0.2) is 36.9 Å². The molecule has 0 unspecified atom stereocenters. The van der Waals surface area contributed by atoms with Gasteiger partial charge in [-0.2, -0.15) is 0 Å². The van der Waals surface area contributed by atoms with Crippen molar-refractivity contribution in [2.24, 2.45) is 5.73 Å². The lowest BCUT2D eigenvalue weighted by atomic mass is 10.3. The molecule has 0 bridgehead atoms. The third-order valence-electron chi connectivity index (χ3n) is 2.04. The van der Waals surface area contributed by atoms with Gasteiger partial charge in [-0.25, -0.2) is 8.42 Å². The summed E-state index contributed by atoms with van der Waals surface area (Å²) < 4.78 is 21.8. The monoisotopic (exact) mass is 273 g/mol. The SMILES string of the molecule is CS(=O)(=O)CCCNc1ccc(C(N)=S)nc1. The van der Waals surface area contributed by atoms with Gasteiger partial charge < -0.3 is 11.1 Å². The van der Waals surface area contributed by atoms with Crippen molar-refractivity contribution in [2.45, 2.75) is 6.42 Å². The van der Waals surface area contributed by atoms with Crippen LogP contribution >= 0.6 is 12.2 Å². The van der Waals surface area contributed by atoms with Crippen molar-refractivity contribution in [3.05, 3.63) is 24.0 Å². The van der Waals surface area contributed by atoms with Crippen molar-refractivity contribution >= 4 is 32.7 Å². The van der Waals surface area contributed by atoms with Crippen LogP contribution in [0.4, 0.5) is 5.69 Å². The number of nitrogens with one attached hydrogen (secondary N) is 1. The summed E-state index contributed by atoms with van der Waals surface area (Å²) in [6.45, 7) is 0.584. The molecule has 0 amide bonds. The number of hydrogen-bond donors (Lipinski definition) is 2. The van der Waals surface area contributed by atoms with Crippen molar-refractivity contribution in [1.82, 2.24) is 4.98 Å². The fourth-order valence-electron chi connectivity index (χ4n) is 1.21. The van der Waals surface area contributed by atoms with Gasteiger partial charge in [0.2, 0.25) is 0 Å². The molecule has 5 nitrogen and oxygen atoms in total. The molecule has 0 aliphatic rings. The van der Waals surface area contributed by atoms with Crippen molar-refractivity contribution in [3.8, 4) is 0 Å². The number of aromatic nitrogens is 1. The van der Waals surface area contributed by atoms with E-state index in [2.05, 4.69) is 10.3 Å². The smallest absolute Gasteiger partial charge is 0.147 e. The number of rotatable bonds is 6. The van der Waals surface area contributed by atoms with Crippen LogP contribution in [0.5, 0.6) is 0 Å². The summed E-state index contributed by atoms with van der Waals surface area (Å²) in [5, 5.41) is 3.07. The predicted octanol–water partition coefficient (Wildman–Crippen LogP) is 0.562. The number of hydrogen-bond acceptors (Lipinski definition) is 5. The Morgan fingerprint density at radius 1 is 1.53 bits per heavy atom. The second-order valence-corrected chi connectivity index (χ2v) is 6.41. The van der Waals surface area contributed by atoms with E-state index in [0.29, 0.717) is 18.7 Å². The zero-order valence-corrected chi connectivity index (χ0v) is 11.1. The molecule has 0 spiro atoms. The van der Waals surface area contributed by atoms with E-state index in [9.17, 15) is 8.42 Å². The van der Waals surface area contributed by atoms with Gasteiger partial charge in [-0.15, -0.1) is 0 Å².